The molecule has 5 heteroatoms. The van der Waals surface area contributed by atoms with Gasteiger partial charge in [-0.25, -0.2) is 4.98 Å². The molecule has 1 aliphatic carbocycles. The molecule has 1 unspecified atom stereocenters. The highest BCUT2D eigenvalue weighted by Gasteiger charge is 2.27. The minimum atomic E-state index is -0.760. The van der Waals surface area contributed by atoms with E-state index in [-0.39, 0.29) is 12.3 Å². The second-order valence-corrected chi connectivity index (χ2v) is 4.32. The Morgan fingerprint density at radius 1 is 1.67 bits per heavy atom. The van der Waals surface area contributed by atoms with E-state index in [4.69, 9.17) is 5.11 Å². The van der Waals surface area contributed by atoms with Gasteiger partial charge in [-0.15, -0.1) is 0 Å². The van der Waals surface area contributed by atoms with Crippen molar-refractivity contribution in [3.8, 4) is 0 Å². The highest BCUT2D eigenvalue weighted by atomic mass is 16.4. The van der Waals surface area contributed by atoms with E-state index in [0.29, 0.717) is 12.3 Å². The molecule has 1 atom stereocenters. The van der Waals surface area contributed by atoms with Crippen molar-refractivity contribution in [2.24, 2.45) is 5.92 Å². The molecule has 0 aliphatic heterocycles. The Labute approximate surface area is 87.9 Å². The normalized spacial score (nSPS) is 17.7. The second kappa shape index (κ2) is 4.00. The lowest BCUT2D eigenvalue weighted by atomic mass is 10.0. The lowest BCUT2D eigenvalue weighted by Gasteiger charge is -2.04. The molecule has 5 nitrogen and oxygen atoms in total. The fourth-order valence-corrected chi connectivity index (χ4v) is 1.63. The Kier molecular flexibility index (Phi) is 2.70. The number of carboxylic acids is 1. The quantitative estimate of drug-likeness (QED) is 0.766. The van der Waals surface area contributed by atoms with E-state index < -0.39 is 5.97 Å². The van der Waals surface area contributed by atoms with E-state index in [9.17, 15) is 4.79 Å². The van der Waals surface area contributed by atoms with Crippen molar-refractivity contribution < 1.29 is 9.90 Å². The lowest BCUT2D eigenvalue weighted by molar-refractivity contribution is -0.137. The van der Waals surface area contributed by atoms with Crippen LogP contribution in [0, 0.1) is 5.92 Å². The smallest absolute Gasteiger partial charge is 0.303 e. The van der Waals surface area contributed by atoms with E-state index in [1.807, 2.05) is 6.92 Å². The summed E-state index contributed by atoms with van der Waals surface area (Å²) in [7, 11) is 0. The van der Waals surface area contributed by atoms with Gasteiger partial charge in [-0.1, -0.05) is 6.92 Å². The first kappa shape index (κ1) is 10.1. The zero-order valence-corrected chi connectivity index (χ0v) is 8.73. The highest BCUT2D eigenvalue weighted by molar-refractivity contribution is 5.66. The average molecular weight is 209 g/mol. The fraction of sp³-hybridized carbons (Fsp3) is 0.700. The molecule has 2 N–H and O–H groups in total. The van der Waals surface area contributed by atoms with Crippen molar-refractivity contribution in [2.45, 2.75) is 38.5 Å². The van der Waals surface area contributed by atoms with Crippen LogP contribution >= 0.6 is 0 Å². The third-order valence-corrected chi connectivity index (χ3v) is 2.56. The summed E-state index contributed by atoms with van der Waals surface area (Å²) in [6, 6.07) is 0. The van der Waals surface area contributed by atoms with E-state index in [1.54, 1.807) is 0 Å². The van der Waals surface area contributed by atoms with Gasteiger partial charge in [-0.3, -0.25) is 9.89 Å². The number of hydrogen-bond acceptors (Lipinski definition) is 3. The van der Waals surface area contributed by atoms with Crippen LogP contribution in [0.5, 0.6) is 0 Å². The molecule has 0 bridgehead atoms. The van der Waals surface area contributed by atoms with Gasteiger partial charge >= 0.3 is 5.97 Å². The molecule has 1 aromatic heterocycles. The summed E-state index contributed by atoms with van der Waals surface area (Å²) in [4.78, 5) is 14.8. The lowest BCUT2D eigenvalue weighted by Crippen LogP contribution is -2.08. The van der Waals surface area contributed by atoms with Gasteiger partial charge in [0.1, 0.15) is 5.82 Å². The van der Waals surface area contributed by atoms with Gasteiger partial charge in [0.05, 0.1) is 0 Å². The number of nitrogens with zero attached hydrogens (tertiary/aromatic N) is 2. The largest absolute Gasteiger partial charge is 0.481 e. The third kappa shape index (κ3) is 2.78. The molecule has 2 rings (SSSR count). The van der Waals surface area contributed by atoms with Crippen LogP contribution in [0.15, 0.2) is 0 Å². The number of aliphatic carboxylic acids is 1. The van der Waals surface area contributed by atoms with Gasteiger partial charge < -0.3 is 5.11 Å². The summed E-state index contributed by atoms with van der Waals surface area (Å²) in [5, 5.41) is 15.6. The maximum Gasteiger partial charge on any atom is 0.303 e. The van der Waals surface area contributed by atoms with Gasteiger partial charge in [0.15, 0.2) is 5.82 Å². The van der Waals surface area contributed by atoms with Crippen molar-refractivity contribution in [1.29, 1.82) is 0 Å². The Morgan fingerprint density at radius 3 is 3.00 bits per heavy atom. The number of H-pyrrole nitrogens is 1. The predicted molar refractivity (Wildman–Crippen MR) is 53.5 cm³/mol. The second-order valence-electron chi connectivity index (χ2n) is 4.32. The summed E-state index contributed by atoms with van der Waals surface area (Å²) in [5.74, 6) is 1.59. The standard InChI is InChI=1S/C10H15N3O2/c1-6(5-9(14)15)4-8-11-10(13-12-8)7-2-3-7/h6-7H,2-5H2,1H3,(H,14,15)(H,11,12,13). The number of aromatic nitrogens is 3. The van der Waals surface area contributed by atoms with Crippen molar-refractivity contribution in [2.75, 3.05) is 0 Å². The predicted octanol–water partition coefficient (Wildman–Crippen LogP) is 1.34. The van der Waals surface area contributed by atoms with E-state index in [0.717, 1.165) is 11.6 Å². The van der Waals surface area contributed by atoms with Crippen LogP contribution in [-0.2, 0) is 11.2 Å². The number of carbonyl (C=O) groups is 1. The minimum Gasteiger partial charge on any atom is -0.481 e. The first-order valence-corrected chi connectivity index (χ1v) is 5.28. The Hall–Kier alpha value is -1.39. The van der Waals surface area contributed by atoms with Crippen LogP contribution in [-0.4, -0.2) is 26.3 Å². The third-order valence-electron chi connectivity index (χ3n) is 2.56. The molecule has 0 saturated heterocycles. The zero-order chi connectivity index (χ0) is 10.8. The molecule has 82 valence electrons. The van der Waals surface area contributed by atoms with Gasteiger partial charge in [0.25, 0.3) is 0 Å². The number of aromatic amines is 1. The Morgan fingerprint density at radius 2 is 2.40 bits per heavy atom. The van der Waals surface area contributed by atoms with Crippen LogP contribution < -0.4 is 0 Å². The minimum absolute atomic E-state index is 0.0995. The van der Waals surface area contributed by atoms with E-state index in [2.05, 4.69) is 15.2 Å². The number of nitrogens with one attached hydrogen (secondary N) is 1. The van der Waals surface area contributed by atoms with Crippen molar-refractivity contribution in [3.05, 3.63) is 11.6 Å². The molecular formula is C10H15N3O2. The molecule has 1 fully saturated rings. The van der Waals surface area contributed by atoms with Gasteiger partial charge in [0, 0.05) is 18.8 Å². The van der Waals surface area contributed by atoms with E-state index >= 15 is 0 Å². The summed E-state index contributed by atoms with van der Waals surface area (Å²) < 4.78 is 0. The van der Waals surface area contributed by atoms with Crippen molar-refractivity contribution >= 4 is 5.97 Å². The first-order valence-electron chi connectivity index (χ1n) is 5.28. The average Bonchev–Trinajstić information content (AvgIpc) is 2.87. The molecule has 1 aliphatic rings. The van der Waals surface area contributed by atoms with Crippen LogP contribution in [0.25, 0.3) is 0 Å². The summed E-state index contributed by atoms with van der Waals surface area (Å²) in [6.07, 6.45) is 3.20. The summed E-state index contributed by atoms with van der Waals surface area (Å²) in [5.41, 5.74) is 0. The zero-order valence-electron chi connectivity index (χ0n) is 8.73. The Balaban J connectivity index is 1.89. The fourth-order valence-electron chi connectivity index (χ4n) is 1.63. The maximum absolute atomic E-state index is 10.5. The van der Waals surface area contributed by atoms with Crippen molar-refractivity contribution in [1.82, 2.24) is 15.2 Å². The van der Waals surface area contributed by atoms with Gasteiger partial charge in [0.2, 0.25) is 0 Å². The van der Waals surface area contributed by atoms with Crippen LogP contribution in [0.4, 0.5) is 0 Å². The highest BCUT2D eigenvalue weighted by Crippen LogP contribution is 2.37. The van der Waals surface area contributed by atoms with E-state index in [1.165, 1.54) is 12.8 Å². The molecule has 0 amide bonds. The van der Waals surface area contributed by atoms with Crippen molar-refractivity contribution in [3.63, 3.8) is 0 Å². The molecule has 1 heterocycles. The molecule has 1 saturated carbocycles. The van der Waals surface area contributed by atoms with Crippen LogP contribution in [0.1, 0.15) is 43.8 Å². The Bertz CT molecular complexity index is 357. The molecule has 0 spiro atoms. The molecule has 0 radical (unpaired) electrons. The maximum atomic E-state index is 10.5. The number of carboxylic acid groups (broad SMARTS) is 1. The first-order chi connectivity index (χ1) is 7.15. The molecule has 15 heavy (non-hydrogen) atoms. The monoisotopic (exact) mass is 209 g/mol. The van der Waals surface area contributed by atoms with Gasteiger partial charge in [-0.2, -0.15) is 5.10 Å². The van der Waals surface area contributed by atoms with Crippen LogP contribution in [0.3, 0.4) is 0 Å². The SMILES string of the molecule is CC(CC(=O)O)Cc1nc(C2CC2)n[nH]1. The topological polar surface area (TPSA) is 78.9 Å². The molecule has 0 aromatic carbocycles. The summed E-state index contributed by atoms with van der Waals surface area (Å²) >= 11 is 0. The molecule has 1 aromatic rings. The number of hydrogen-bond donors (Lipinski definition) is 2. The van der Waals surface area contributed by atoms with Gasteiger partial charge in [-0.05, 0) is 18.8 Å². The molecular weight excluding hydrogens is 194 g/mol. The van der Waals surface area contributed by atoms with Crippen LogP contribution in [0.2, 0.25) is 0 Å². The summed E-state index contributed by atoms with van der Waals surface area (Å²) in [6.45, 7) is 1.91. The number of rotatable bonds is 5.